The van der Waals surface area contributed by atoms with Gasteiger partial charge in [0.2, 0.25) is 0 Å². The summed E-state index contributed by atoms with van der Waals surface area (Å²) in [7, 11) is 1.48. The number of hydrogen-bond acceptors (Lipinski definition) is 3. The van der Waals surface area contributed by atoms with Crippen LogP contribution >= 0.6 is 0 Å². The normalized spacial score (nSPS) is 33.1. The van der Waals surface area contributed by atoms with Gasteiger partial charge in [-0.3, -0.25) is 0 Å². The van der Waals surface area contributed by atoms with E-state index in [4.69, 9.17) is 10.00 Å². The summed E-state index contributed by atoms with van der Waals surface area (Å²) in [4.78, 5) is 0. The smallest absolute Gasteiger partial charge is 0.191 e. The second-order valence-corrected chi connectivity index (χ2v) is 5.01. The fourth-order valence-electron chi connectivity index (χ4n) is 1.62. The molecule has 16 heavy (non-hydrogen) atoms. The molecular weight excluding hydrogens is 200 g/mol. The van der Waals surface area contributed by atoms with Crippen molar-refractivity contribution < 1.29 is 4.74 Å². The average Bonchev–Trinajstić information content (AvgIpc) is 2.27. The molecular formula is C13H16N2O. The van der Waals surface area contributed by atoms with Gasteiger partial charge in [-0.2, -0.15) is 10.5 Å². The molecule has 0 bridgehead atoms. The Balaban J connectivity index is 3.18. The molecule has 0 heterocycles. The molecule has 0 aromatic heterocycles. The first-order chi connectivity index (χ1) is 7.35. The van der Waals surface area contributed by atoms with Gasteiger partial charge in [0.1, 0.15) is 6.07 Å². The molecule has 0 atom stereocenters. The standard InChI is InChI=1S/C13H16N2O/c1-11(2,3)12(9-14)5-7-13(10-15,16-4)8-6-12/h5-8H,1-4H3. The highest BCUT2D eigenvalue weighted by molar-refractivity contribution is 5.40. The molecule has 0 aliphatic heterocycles. The lowest BCUT2D eigenvalue weighted by Crippen LogP contribution is -2.36. The molecule has 0 saturated carbocycles. The third-order valence-electron chi connectivity index (χ3n) is 3.13. The minimum Gasteiger partial charge on any atom is -0.356 e. The summed E-state index contributed by atoms with van der Waals surface area (Å²) in [5.41, 5.74) is -1.92. The lowest BCUT2D eigenvalue weighted by Gasteiger charge is -2.37. The predicted octanol–water partition coefficient (Wildman–Crippen LogP) is 2.58. The molecule has 0 amide bonds. The van der Waals surface area contributed by atoms with E-state index in [2.05, 4.69) is 12.1 Å². The van der Waals surface area contributed by atoms with Gasteiger partial charge < -0.3 is 4.74 Å². The molecule has 3 heteroatoms. The van der Waals surface area contributed by atoms with E-state index in [1.54, 1.807) is 24.3 Å². The van der Waals surface area contributed by atoms with Crippen LogP contribution in [0.4, 0.5) is 0 Å². The van der Waals surface area contributed by atoms with Crippen LogP contribution in [0.1, 0.15) is 20.8 Å². The second-order valence-electron chi connectivity index (χ2n) is 5.01. The topological polar surface area (TPSA) is 56.8 Å². The van der Waals surface area contributed by atoms with Crippen LogP contribution in [0.3, 0.4) is 0 Å². The van der Waals surface area contributed by atoms with Gasteiger partial charge >= 0.3 is 0 Å². The van der Waals surface area contributed by atoms with Crippen LogP contribution < -0.4 is 0 Å². The van der Waals surface area contributed by atoms with E-state index >= 15 is 0 Å². The van der Waals surface area contributed by atoms with Crippen molar-refractivity contribution in [3.63, 3.8) is 0 Å². The van der Waals surface area contributed by atoms with Gasteiger partial charge in [-0.1, -0.05) is 32.9 Å². The molecule has 0 unspecified atom stereocenters. The Morgan fingerprint density at radius 3 is 1.75 bits per heavy atom. The van der Waals surface area contributed by atoms with Crippen molar-refractivity contribution in [2.24, 2.45) is 10.8 Å². The highest BCUT2D eigenvalue weighted by Gasteiger charge is 2.42. The fourth-order valence-corrected chi connectivity index (χ4v) is 1.62. The van der Waals surface area contributed by atoms with Crippen molar-refractivity contribution >= 4 is 0 Å². The van der Waals surface area contributed by atoms with E-state index < -0.39 is 11.0 Å². The SMILES string of the molecule is COC1(C#N)C=CC(C#N)(C(C)(C)C)C=C1. The first kappa shape index (κ1) is 12.5. The highest BCUT2D eigenvalue weighted by atomic mass is 16.5. The summed E-state index contributed by atoms with van der Waals surface area (Å²) in [5, 5.41) is 18.3. The largest absolute Gasteiger partial charge is 0.356 e. The van der Waals surface area contributed by atoms with Crippen LogP contribution in [-0.4, -0.2) is 12.7 Å². The zero-order valence-corrected chi connectivity index (χ0v) is 10.1. The summed E-state index contributed by atoms with van der Waals surface area (Å²) < 4.78 is 5.13. The van der Waals surface area contributed by atoms with Gasteiger partial charge in [0.15, 0.2) is 5.60 Å². The van der Waals surface area contributed by atoms with Crippen molar-refractivity contribution in [2.75, 3.05) is 7.11 Å². The van der Waals surface area contributed by atoms with Crippen LogP contribution in [0.15, 0.2) is 24.3 Å². The van der Waals surface area contributed by atoms with Crippen LogP contribution in [0.5, 0.6) is 0 Å². The van der Waals surface area contributed by atoms with Gasteiger partial charge in [-0.05, 0) is 17.6 Å². The van der Waals surface area contributed by atoms with E-state index in [9.17, 15) is 5.26 Å². The van der Waals surface area contributed by atoms with E-state index in [0.717, 1.165) is 0 Å². The Kier molecular flexibility index (Phi) is 2.95. The van der Waals surface area contributed by atoms with Gasteiger partial charge in [-0.25, -0.2) is 0 Å². The molecule has 1 aliphatic carbocycles. The lowest BCUT2D eigenvalue weighted by atomic mass is 9.65. The summed E-state index contributed by atoms with van der Waals surface area (Å²) in [6.45, 7) is 5.99. The number of methoxy groups -OCH3 is 1. The van der Waals surface area contributed by atoms with Gasteiger partial charge in [-0.15, -0.1) is 0 Å². The number of ether oxygens (including phenoxy) is 1. The lowest BCUT2D eigenvalue weighted by molar-refractivity contribution is 0.115. The highest BCUT2D eigenvalue weighted by Crippen LogP contribution is 2.44. The Labute approximate surface area is 96.6 Å². The van der Waals surface area contributed by atoms with Crippen LogP contribution in [0.2, 0.25) is 0 Å². The zero-order chi connectivity index (χ0) is 12.4. The van der Waals surface area contributed by atoms with E-state index in [1.807, 2.05) is 20.8 Å². The molecule has 0 spiro atoms. The molecule has 1 aliphatic rings. The summed E-state index contributed by atoms with van der Waals surface area (Å²) in [6.07, 6.45) is 6.84. The van der Waals surface area contributed by atoms with Crippen LogP contribution in [0, 0.1) is 33.5 Å². The van der Waals surface area contributed by atoms with Gasteiger partial charge in [0.05, 0.1) is 11.5 Å². The molecule has 0 saturated heterocycles. The molecule has 0 radical (unpaired) electrons. The second kappa shape index (κ2) is 3.77. The Hall–Kier alpha value is -1.58. The maximum atomic E-state index is 9.32. The van der Waals surface area contributed by atoms with E-state index in [-0.39, 0.29) is 5.41 Å². The van der Waals surface area contributed by atoms with Crippen molar-refractivity contribution in [1.29, 1.82) is 10.5 Å². The molecule has 0 aromatic rings. The van der Waals surface area contributed by atoms with Crippen molar-refractivity contribution in [3.8, 4) is 12.1 Å². The molecule has 1 rings (SSSR count). The molecule has 0 N–H and O–H groups in total. The van der Waals surface area contributed by atoms with Gasteiger partial charge in [0.25, 0.3) is 0 Å². The minimum absolute atomic E-state index is 0.218. The van der Waals surface area contributed by atoms with Crippen molar-refractivity contribution in [3.05, 3.63) is 24.3 Å². The maximum absolute atomic E-state index is 9.32. The van der Waals surface area contributed by atoms with Gasteiger partial charge in [0, 0.05) is 7.11 Å². The number of hydrogen-bond donors (Lipinski definition) is 0. The molecule has 0 aromatic carbocycles. The Morgan fingerprint density at radius 1 is 1.00 bits per heavy atom. The summed E-state index contributed by atoms with van der Waals surface area (Å²) in [6, 6.07) is 4.38. The summed E-state index contributed by atoms with van der Waals surface area (Å²) in [5.74, 6) is 0. The maximum Gasteiger partial charge on any atom is 0.191 e. The number of allylic oxidation sites excluding steroid dienone is 2. The molecule has 3 nitrogen and oxygen atoms in total. The Bertz CT molecular complexity index is 399. The average molecular weight is 216 g/mol. The number of nitriles is 2. The molecule has 0 fully saturated rings. The summed E-state index contributed by atoms with van der Waals surface area (Å²) >= 11 is 0. The third kappa shape index (κ3) is 1.75. The van der Waals surface area contributed by atoms with Crippen molar-refractivity contribution in [1.82, 2.24) is 0 Å². The van der Waals surface area contributed by atoms with Crippen molar-refractivity contribution in [2.45, 2.75) is 26.4 Å². The Morgan fingerprint density at radius 2 is 1.50 bits per heavy atom. The van der Waals surface area contributed by atoms with E-state index in [0.29, 0.717) is 0 Å². The minimum atomic E-state index is -1.02. The molecule has 84 valence electrons. The number of nitrogens with zero attached hydrogens (tertiary/aromatic N) is 2. The quantitative estimate of drug-likeness (QED) is 0.633. The van der Waals surface area contributed by atoms with E-state index in [1.165, 1.54) is 7.11 Å². The first-order valence-corrected chi connectivity index (χ1v) is 5.13. The zero-order valence-electron chi connectivity index (χ0n) is 10.1. The monoisotopic (exact) mass is 216 g/mol. The number of rotatable bonds is 1. The first-order valence-electron chi connectivity index (χ1n) is 5.13. The predicted molar refractivity (Wildman–Crippen MR) is 61.1 cm³/mol. The third-order valence-corrected chi connectivity index (χ3v) is 3.13. The van der Waals surface area contributed by atoms with Crippen LogP contribution in [0.25, 0.3) is 0 Å². The van der Waals surface area contributed by atoms with Crippen LogP contribution in [-0.2, 0) is 4.74 Å². The fraction of sp³-hybridized carbons (Fsp3) is 0.538.